The van der Waals surface area contributed by atoms with Crippen molar-refractivity contribution in [3.05, 3.63) is 59.2 Å². The molecule has 0 aliphatic carbocycles. The van der Waals surface area contributed by atoms with Gasteiger partial charge in [0.2, 0.25) is 5.96 Å². The molecule has 0 radical (unpaired) electrons. The van der Waals surface area contributed by atoms with E-state index in [1.165, 1.54) is 5.56 Å². The molecule has 0 saturated carbocycles. The summed E-state index contributed by atoms with van der Waals surface area (Å²) in [5.41, 5.74) is 13.5. The van der Waals surface area contributed by atoms with E-state index in [-0.39, 0.29) is 5.96 Å². The predicted octanol–water partition coefficient (Wildman–Crippen LogP) is 2.44. The summed E-state index contributed by atoms with van der Waals surface area (Å²) in [5, 5.41) is 7.39. The molecule has 0 bridgehead atoms. The highest BCUT2D eigenvalue weighted by Gasteiger charge is 2.05. The highest BCUT2D eigenvalue weighted by Crippen LogP contribution is 2.22. The Balaban J connectivity index is 2.11. The predicted molar refractivity (Wildman–Crippen MR) is 96.5 cm³/mol. The molecule has 4 N–H and O–H groups in total. The number of methoxy groups -OCH3 is 1. The number of hydrogen-bond donors (Lipinski definition) is 2. The van der Waals surface area contributed by atoms with Gasteiger partial charge in [0.05, 0.1) is 13.3 Å². The maximum atomic E-state index is 5.84. The van der Waals surface area contributed by atoms with Crippen molar-refractivity contribution in [3.8, 4) is 11.5 Å². The largest absolute Gasteiger partial charge is 0.496 e. The van der Waals surface area contributed by atoms with Crippen LogP contribution in [0.15, 0.2) is 52.7 Å². The van der Waals surface area contributed by atoms with Crippen molar-refractivity contribution in [2.45, 2.75) is 20.0 Å². The van der Waals surface area contributed by atoms with Crippen LogP contribution in [0, 0.1) is 0 Å². The lowest BCUT2D eigenvalue weighted by Gasteiger charge is -2.11. The quantitative estimate of drug-likeness (QED) is 0.464. The molecule has 0 amide bonds. The van der Waals surface area contributed by atoms with E-state index in [0.29, 0.717) is 6.61 Å². The lowest BCUT2D eigenvalue weighted by Crippen LogP contribution is -2.21. The summed E-state index contributed by atoms with van der Waals surface area (Å²) in [6.45, 7) is 2.51. The summed E-state index contributed by atoms with van der Waals surface area (Å²) < 4.78 is 11.2. The Morgan fingerprint density at radius 3 is 2.50 bits per heavy atom. The topological polar surface area (TPSA) is 95.2 Å². The molecular weight excluding hydrogens is 304 g/mol. The molecule has 0 heterocycles. The Labute approximate surface area is 141 Å². The Bertz CT molecular complexity index is 720. The molecule has 2 aromatic rings. The zero-order valence-corrected chi connectivity index (χ0v) is 13.9. The molecular formula is C18H22N4O2. The average Bonchev–Trinajstić information content (AvgIpc) is 2.60. The number of hydrogen-bond acceptors (Lipinski definition) is 4. The second kappa shape index (κ2) is 8.57. The van der Waals surface area contributed by atoms with Crippen LogP contribution in [0.25, 0.3) is 0 Å². The molecule has 0 aliphatic rings. The smallest absolute Gasteiger partial charge is 0.211 e. The Kier molecular flexibility index (Phi) is 6.19. The van der Waals surface area contributed by atoms with Gasteiger partial charge >= 0.3 is 0 Å². The molecule has 0 aromatic heterocycles. The number of nitrogens with two attached hydrogens (primary N) is 2. The summed E-state index contributed by atoms with van der Waals surface area (Å²) in [5.74, 6) is 1.48. The summed E-state index contributed by atoms with van der Waals surface area (Å²) in [4.78, 5) is 0. The van der Waals surface area contributed by atoms with Gasteiger partial charge in [0.15, 0.2) is 0 Å². The fraction of sp³-hybridized carbons (Fsp3) is 0.222. The minimum Gasteiger partial charge on any atom is -0.496 e. The molecule has 6 nitrogen and oxygen atoms in total. The monoisotopic (exact) mass is 326 g/mol. The molecule has 2 aromatic carbocycles. The Morgan fingerprint density at radius 1 is 1.12 bits per heavy atom. The van der Waals surface area contributed by atoms with Crippen molar-refractivity contribution in [2.24, 2.45) is 21.7 Å². The van der Waals surface area contributed by atoms with Crippen LogP contribution in [-0.2, 0) is 13.0 Å². The van der Waals surface area contributed by atoms with Crippen LogP contribution >= 0.6 is 0 Å². The van der Waals surface area contributed by atoms with Crippen molar-refractivity contribution in [1.82, 2.24) is 0 Å². The van der Waals surface area contributed by atoms with Crippen LogP contribution in [0.5, 0.6) is 11.5 Å². The van der Waals surface area contributed by atoms with Crippen LogP contribution in [0.4, 0.5) is 0 Å². The maximum absolute atomic E-state index is 5.84. The van der Waals surface area contributed by atoms with Crippen LogP contribution in [0.3, 0.4) is 0 Å². The number of aryl methyl sites for hydroxylation is 1. The van der Waals surface area contributed by atoms with E-state index in [1.807, 2.05) is 30.3 Å². The maximum Gasteiger partial charge on any atom is 0.211 e. The van der Waals surface area contributed by atoms with Gasteiger partial charge in [-0.3, -0.25) is 0 Å². The van der Waals surface area contributed by atoms with E-state index in [4.69, 9.17) is 20.9 Å². The second-order valence-electron chi connectivity index (χ2n) is 5.13. The SMILES string of the molecule is CCc1ccc(OCc2cc(C=NN=C(N)N)ccc2OC)cc1. The van der Waals surface area contributed by atoms with Gasteiger partial charge in [0.25, 0.3) is 0 Å². The first-order valence-electron chi connectivity index (χ1n) is 7.63. The van der Waals surface area contributed by atoms with Gasteiger partial charge in [-0.25, -0.2) is 0 Å². The highest BCUT2D eigenvalue weighted by molar-refractivity contribution is 5.82. The third-order valence-corrected chi connectivity index (χ3v) is 3.41. The minimum absolute atomic E-state index is 0.0844. The molecule has 2 rings (SSSR count). The number of benzene rings is 2. The fourth-order valence-corrected chi connectivity index (χ4v) is 2.14. The van der Waals surface area contributed by atoms with Crippen LogP contribution < -0.4 is 20.9 Å². The average molecular weight is 326 g/mol. The standard InChI is InChI=1S/C18H22N4O2/c1-3-13-4-7-16(8-5-13)24-12-15-10-14(6-9-17(15)23-2)11-21-22-18(19)20/h4-11H,3,12H2,1-2H3,(H4,19,20,22). The summed E-state index contributed by atoms with van der Waals surface area (Å²) in [7, 11) is 1.63. The van der Waals surface area contributed by atoms with E-state index in [2.05, 4.69) is 29.3 Å². The minimum atomic E-state index is -0.0844. The number of nitrogens with zero attached hydrogens (tertiary/aromatic N) is 2. The molecule has 126 valence electrons. The number of guanidine groups is 1. The molecule has 6 heteroatoms. The lowest BCUT2D eigenvalue weighted by atomic mass is 10.1. The van der Waals surface area contributed by atoms with Crippen molar-refractivity contribution in [1.29, 1.82) is 0 Å². The summed E-state index contributed by atoms with van der Waals surface area (Å²) >= 11 is 0. The van der Waals surface area contributed by atoms with Crippen LogP contribution in [0.1, 0.15) is 23.6 Å². The van der Waals surface area contributed by atoms with E-state index in [9.17, 15) is 0 Å². The molecule has 0 spiro atoms. The molecule has 0 fully saturated rings. The number of rotatable bonds is 7. The first kappa shape index (κ1) is 17.3. The van der Waals surface area contributed by atoms with E-state index >= 15 is 0 Å². The summed E-state index contributed by atoms with van der Waals surface area (Å²) in [6.07, 6.45) is 2.57. The van der Waals surface area contributed by atoms with Gasteiger partial charge in [0, 0.05) is 5.56 Å². The van der Waals surface area contributed by atoms with Crippen molar-refractivity contribution in [3.63, 3.8) is 0 Å². The molecule has 24 heavy (non-hydrogen) atoms. The van der Waals surface area contributed by atoms with Crippen molar-refractivity contribution < 1.29 is 9.47 Å². The van der Waals surface area contributed by atoms with Crippen molar-refractivity contribution in [2.75, 3.05) is 7.11 Å². The first-order chi connectivity index (χ1) is 11.6. The summed E-state index contributed by atoms with van der Waals surface area (Å²) in [6, 6.07) is 13.7. The number of ether oxygens (including phenoxy) is 2. The zero-order chi connectivity index (χ0) is 17.4. The first-order valence-corrected chi connectivity index (χ1v) is 7.63. The fourth-order valence-electron chi connectivity index (χ4n) is 2.14. The van der Waals surface area contributed by atoms with Gasteiger partial charge in [-0.1, -0.05) is 19.1 Å². The van der Waals surface area contributed by atoms with E-state index in [0.717, 1.165) is 29.0 Å². The van der Waals surface area contributed by atoms with Crippen LogP contribution in [0.2, 0.25) is 0 Å². The van der Waals surface area contributed by atoms with Crippen LogP contribution in [-0.4, -0.2) is 19.3 Å². The normalized spacial score (nSPS) is 10.6. The third kappa shape index (κ3) is 5.01. The van der Waals surface area contributed by atoms with Gasteiger partial charge in [0.1, 0.15) is 18.1 Å². The third-order valence-electron chi connectivity index (χ3n) is 3.41. The zero-order valence-electron chi connectivity index (χ0n) is 13.9. The molecule has 0 saturated heterocycles. The second-order valence-corrected chi connectivity index (χ2v) is 5.13. The Hall–Kier alpha value is -3.02. The van der Waals surface area contributed by atoms with Gasteiger partial charge in [-0.2, -0.15) is 5.10 Å². The molecule has 0 aliphatic heterocycles. The van der Waals surface area contributed by atoms with Crippen molar-refractivity contribution >= 4 is 12.2 Å². The van der Waals surface area contributed by atoms with E-state index in [1.54, 1.807) is 13.3 Å². The Morgan fingerprint density at radius 2 is 1.88 bits per heavy atom. The van der Waals surface area contributed by atoms with Gasteiger partial charge in [-0.05, 0) is 47.9 Å². The highest BCUT2D eigenvalue weighted by atomic mass is 16.5. The van der Waals surface area contributed by atoms with Gasteiger partial charge in [-0.15, -0.1) is 5.10 Å². The van der Waals surface area contributed by atoms with E-state index < -0.39 is 0 Å². The lowest BCUT2D eigenvalue weighted by molar-refractivity contribution is 0.296. The molecule has 0 unspecified atom stereocenters. The van der Waals surface area contributed by atoms with Gasteiger partial charge < -0.3 is 20.9 Å². The molecule has 0 atom stereocenters.